The molecule has 1 N–H and O–H groups in total. The lowest BCUT2D eigenvalue weighted by atomic mass is 10.1. The Morgan fingerprint density at radius 3 is 2.27 bits per heavy atom. The van der Waals surface area contributed by atoms with Crippen molar-refractivity contribution in [2.45, 2.75) is 58.8 Å². The van der Waals surface area contributed by atoms with Crippen molar-refractivity contribution in [1.29, 1.82) is 0 Å². The van der Waals surface area contributed by atoms with Crippen LogP contribution in [0.15, 0.2) is 24.3 Å². The molecule has 0 unspecified atom stereocenters. The van der Waals surface area contributed by atoms with Gasteiger partial charge in [-0.25, -0.2) is 4.79 Å². The van der Waals surface area contributed by atoms with E-state index >= 15 is 0 Å². The molecule has 1 amide bonds. The highest BCUT2D eigenvalue weighted by Gasteiger charge is 2.07. The highest BCUT2D eigenvalue weighted by atomic mass is 16.5. The van der Waals surface area contributed by atoms with Crippen LogP contribution < -0.4 is 5.32 Å². The average Bonchev–Trinajstić information content (AvgIpc) is 2.52. The molecule has 0 aromatic heterocycles. The summed E-state index contributed by atoms with van der Waals surface area (Å²) in [7, 11) is 0. The summed E-state index contributed by atoms with van der Waals surface area (Å²) in [5, 5.41) is 2.85. The Morgan fingerprint density at radius 1 is 0.955 bits per heavy atom. The van der Waals surface area contributed by atoms with E-state index in [1.807, 2.05) is 6.92 Å². The highest BCUT2D eigenvalue weighted by Crippen LogP contribution is 2.12. The molecule has 0 saturated carbocycles. The molecular formula is C18H27NO3. The van der Waals surface area contributed by atoms with Gasteiger partial charge in [0, 0.05) is 12.1 Å². The van der Waals surface area contributed by atoms with Gasteiger partial charge in [0.2, 0.25) is 5.91 Å². The number of benzene rings is 1. The topological polar surface area (TPSA) is 55.4 Å². The van der Waals surface area contributed by atoms with Gasteiger partial charge in [-0.05, 0) is 37.1 Å². The minimum Gasteiger partial charge on any atom is -0.462 e. The molecule has 0 atom stereocenters. The molecule has 1 aromatic carbocycles. The van der Waals surface area contributed by atoms with E-state index in [-0.39, 0.29) is 11.9 Å². The zero-order valence-electron chi connectivity index (χ0n) is 13.7. The number of carbonyl (C=O) groups is 2. The van der Waals surface area contributed by atoms with E-state index in [0.29, 0.717) is 24.3 Å². The smallest absolute Gasteiger partial charge is 0.338 e. The summed E-state index contributed by atoms with van der Waals surface area (Å²) in [5.74, 6) is -0.291. The number of esters is 1. The predicted octanol–water partition coefficient (Wildman–Crippen LogP) is 4.55. The van der Waals surface area contributed by atoms with Crippen LogP contribution >= 0.6 is 0 Å². The van der Waals surface area contributed by atoms with Crippen molar-refractivity contribution in [2.75, 3.05) is 11.9 Å². The van der Waals surface area contributed by atoms with Crippen molar-refractivity contribution >= 4 is 17.6 Å². The minimum absolute atomic E-state index is 0.0226. The fourth-order valence-corrected chi connectivity index (χ4v) is 2.02. The van der Waals surface area contributed by atoms with Gasteiger partial charge in [0.05, 0.1) is 12.2 Å². The van der Waals surface area contributed by atoms with Crippen molar-refractivity contribution < 1.29 is 14.3 Å². The van der Waals surface area contributed by atoms with Crippen molar-refractivity contribution in [3.05, 3.63) is 29.8 Å². The first-order valence-corrected chi connectivity index (χ1v) is 8.24. The van der Waals surface area contributed by atoms with Crippen LogP contribution in [0.25, 0.3) is 0 Å². The predicted molar refractivity (Wildman–Crippen MR) is 89.0 cm³/mol. The van der Waals surface area contributed by atoms with Crippen LogP contribution in [0.3, 0.4) is 0 Å². The average molecular weight is 305 g/mol. The molecule has 0 bridgehead atoms. The summed E-state index contributed by atoms with van der Waals surface area (Å²) in [6.07, 6.45) is 6.75. The van der Waals surface area contributed by atoms with Crippen LogP contribution in [0, 0.1) is 0 Å². The molecule has 4 heteroatoms. The monoisotopic (exact) mass is 305 g/mol. The standard InChI is InChI=1S/C18H27NO3/c1-3-5-7-8-9-17(20)19-16-12-10-15(11-13-16)18(21)22-14-6-4-2/h10-13H,3-9,14H2,1-2H3,(H,19,20). The van der Waals surface area contributed by atoms with E-state index in [0.717, 1.165) is 32.1 Å². The van der Waals surface area contributed by atoms with Gasteiger partial charge in [-0.2, -0.15) is 0 Å². The molecule has 0 saturated heterocycles. The Morgan fingerprint density at radius 2 is 1.64 bits per heavy atom. The number of nitrogens with one attached hydrogen (secondary N) is 1. The summed E-state index contributed by atoms with van der Waals surface area (Å²) in [4.78, 5) is 23.5. The molecule has 0 aliphatic heterocycles. The second-order valence-corrected chi connectivity index (χ2v) is 5.43. The first-order valence-electron chi connectivity index (χ1n) is 8.24. The zero-order valence-corrected chi connectivity index (χ0v) is 13.7. The maximum atomic E-state index is 11.8. The van der Waals surface area contributed by atoms with Crippen LogP contribution in [0.1, 0.15) is 69.2 Å². The molecule has 0 heterocycles. The lowest BCUT2D eigenvalue weighted by molar-refractivity contribution is -0.116. The molecule has 0 spiro atoms. The van der Waals surface area contributed by atoms with Crippen molar-refractivity contribution in [1.82, 2.24) is 0 Å². The maximum absolute atomic E-state index is 11.8. The number of amides is 1. The van der Waals surface area contributed by atoms with E-state index in [1.54, 1.807) is 24.3 Å². The van der Waals surface area contributed by atoms with E-state index in [4.69, 9.17) is 4.74 Å². The fourth-order valence-electron chi connectivity index (χ4n) is 2.02. The van der Waals surface area contributed by atoms with Crippen LogP contribution in [0.4, 0.5) is 5.69 Å². The van der Waals surface area contributed by atoms with Gasteiger partial charge in [0.15, 0.2) is 0 Å². The Labute approximate surface area is 133 Å². The third-order valence-corrected chi connectivity index (χ3v) is 3.39. The SMILES string of the molecule is CCCCCCC(=O)Nc1ccc(C(=O)OCCCC)cc1. The summed E-state index contributed by atoms with van der Waals surface area (Å²) in [6, 6.07) is 6.84. The van der Waals surface area contributed by atoms with E-state index in [1.165, 1.54) is 6.42 Å². The van der Waals surface area contributed by atoms with Gasteiger partial charge in [0.1, 0.15) is 0 Å². The van der Waals surface area contributed by atoms with Gasteiger partial charge >= 0.3 is 5.97 Å². The summed E-state index contributed by atoms with van der Waals surface area (Å²) < 4.78 is 5.14. The normalized spacial score (nSPS) is 10.3. The van der Waals surface area contributed by atoms with Crippen LogP contribution in [-0.4, -0.2) is 18.5 Å². The lowest BCUT2D eigenvalue weighted by Gasteiger charge is -2.07. The van der Waals surface area contributed by atoms with Crippen molar-refractivity contribution in [2.24, 2.45) is 0 Å². The molecule has 22 heavy (non-hydrogen) atoms. The molecule has 122 valence electrons. The summed E-state index contributed by atoms with van der Waals surface area (Å²) in [6.45, 7) is 4.65. The second-order valence-electron chi connectivity index (χ2n) is 5.43. The second kappa shape index (κ2) is 10.8. The number of unbranched alkanes of at least 4 members (excludes halogenated alkanes) is 4. The number of rotatable bonds is 10. The largest absolute Gasteiger partial charge is 0.462 e. The van der Waals surface area contributed by atoms with E-state index in [2.05, 4.69) is 12.2 Å². The molecular weight excluding hydrogens is 278 g/mol. The van der Waals surface area contributed by atoms with Crippen LogP contribution in [-0.2, 0) is 9.53 Å². The van der Waals surface area contributed by atoms with Gasteiger partial charge in [-0.15, -0.1) is 0 Å². The van der Waals surface area contributed by atoms with Crippen molar-refractivity contribution in [3.63, 3.8) is 0 Å². The Balaban J connectivity index is 2.37. The van der Waals surface area contributed by atoms with Gasteiger partial charge < -0.3 is 10.1 Å². The Kier molecular flexibility index (Phi) is 8.96. The molecule has 0 aliphatic rings. The first-order chi connectivity index (χ1) is 10.7. The minimum atomic E-state index is -0.314. The quantitative estimate of drug-likeness (QED) is 0.509. The van der Waals surface area contributed by atoms with Crippen LogP contribution in [0.5, 0.6) is 0 Å². The molecule has 1 rings (SSSR count). The van der Waals surface area contributed by atoms with Crippen molar-refractivity contribution in [3.8, 4) is 0 Å². The summed E-state index contributed by atoms with van der Waals surface area (Å²) in [5.41, 5.74) is 1.22. The van der Waals surface area contributed by atoms with Gasteiger partial charge in [-0.1, -0.05) is 39.5 Å². The number of ether oxygens (including phenoxy) is 1. The molecule has 0 fully saturated rings. The third-order valence-electron chi connectivity index (χ3n) is 3.39. The molecule has 4 nitrogen and oxygen atoms in total. The number of anilines is 1. The first kappa shape index (κ1) is 18.2. The van der Waals surface area contributed by atoms with Gasteiger partial charge in [-0.3, -0.25) is 4.79 Å². The van der Waals surface area contributed by atoms with E-state index in [9.17, 15) is 9.59 Å². The molecule has 0 radical (unpaired) electrons. The number of carbonyl (C=O) groups excluding carboxylic acids is 2. The summed E-state index contributed by atoms with van der Waals surface area (Å²) >= 11 is 0. The van der Waals surface area contributed by atoms with E-state index < -0.39 is 0 Å². The Bertz CT molecular complexity index is 454. The zero-order chi connectivity index (χ0) is 16.2. The van der Waals surface area contributed by atoms with Gasteiger partial charge in [0.25, 0.3) is 0 Å². The number of hydrogen-bond acceptors (Lipinski definition) is 3. The molecule has 0 aliphatic carbocycles. The lowest BCUT2D eigenvalue weighted by Crippen LogP contribution is -2.11. The molecule has 1 aromatic rings. The fraction of sp³-hybridized carbons (Fsp3) is 0.556. The number of hydrogen-bond donors (Lipinski definition) is 1. The highest BCUT2D eigenvalue weighted by molar-refractivity contribution is 5.93. The Hall–Kier alpha value is -1.84. The third kappa shape index (κ3) is 7.25. The maximum Gasteiger partial charge on any atom is 0.338 e. The van der Waals surface area contributed by atoms with Crippen LogP contribution in [0.2, 0.25) is 0 Å².